The monoisotopic (exact) mass is 796 g/mol. The summed E-state index contributed by atoms with van der Waals surface area (Å²) >= 11 is 8.05. The molecule has 0 fully saturated rings. The molecular formula is C40H49N2O3PS5. The van der Waals surface area contributed by atoms with Crippen LogP contribution in [0.5, 0.6) is 0 Å². The highest BCUT2D eigenvalue weighted by Crippen LogP contribution is 2.48. The number of unbranched alkanes of at least 4 members (excludes halogenated alkanes) is 9. The maximum Gasteiger partial charge on any atom is 0.366 e. The minimum atomic E-state index is -4.30. The first-order chi connectivity index (χ1) is 24.8. The van der Waals surface area contributed by atoms with Gasteiger partial charge in [-0.15, -0.1) is 45.3 Å². The Hall–Kier alpha value is -2.01. The quantitative estimate of drug-likeness (QED) is 0.0594. The average Bonchev–Trinajstić information content (AvgIpc) is 3.96. The number of rotatable bonds is 20. The highest BCUT2D eigenvalue weighted by atomic mass is 32.1. The Morgan fingerprint density at radius 1 is 0.549 bits per heavy atom. The SMILES string of the molecule is CCCCCCc1ccc(-c2sc(-c3ccc(-c4cc(CCCCCC)c(-c5ccc(P(=O)(O)O)s5)s4)c4nsnc34)cc2CCCCCC)s1. The number of hydrogen-bond donors (Lipinski definition) is 2. The molecule has 11 heteroatoms. The molecule has 0 aliphatic rings. The Bertz CT molecular complexity index is 2060. The lowest BCUT2D eigenvalue weighted by atomic mass is 10.0. The fraction of sp³-hybridized carbons (Fsp3) is 0.450. The first kappa shape index (κ1) is 38.7. The van der Waals surface area contributed by atoms with E-state index < -0.39 is 7.60 Å². The fourth-order valence-corrected chi connectivity index (χ4v) is 12.8. The molecule has 6 aromatic rings. The van der Waals surface area contributed by atoms with Gasteiger partial charge in [0.2, 0.25) is 0 Å². The molecule has 51 heavy (non-hydrogen) atoms. The Balaban J connectivity index is 1.34. The first-order valence-corrected chi connectivity index (χ1v) is 24.2. The largest absolute Gasteiger partial charge is 0.366 e. The summed E-state index contributed by atoms with van der Waals surface area (Å²) in [6.07, 6.45) is 18.0. The van der Waals surface area contributed by atoms with Crippen molar-refractivity contribution < 1.29 is 14.4 Å². The van der Waals surface area contributed by atoms with E-state index in [4.69, 9.17) is 8.75 Å². The predicted molar refractivity (Wildman–Crippen MR) is 226 cm³/mol. The van der Waals surface area contributed by atoms with Crippen LogP contribution in [0.25, 0.3) is 51.4 Å². The van der Waals surface area contributed by atoms with Crippen LogP contribution in [0, 0.1) is 0 Å². The zero-order valence-corrected chi connectivity index (χ0v) is 34.9. The van der Waals surface area contributed by atoms with Crippen LogP contribution in [-0.2, 0) is 23.8 Å². The van der Waals surface area contributed by atoms with Crippen LogP contribution < -0.4 is 4.62 Å². The van der Waals surface area contributed by atoms with E-state index in [9.17, 15) is 14.4 Å². The maximum atomic E-state index is 12.0. The van der Waals surface area contributed by atoms with Crippen LogP contribution in [0.2, 0.25) is 0 Å². The Morgan fingerprint density at radius 2 is 1.04 bits per heavy atom. The van der Waals surface area contributed by atoms with Gasteiger partial charge in [-0.25, -0.2) is 0 Å². The standard InChI is InChI=1S/C40H49N2O3PS5/c1-4-7-10-13-16-27-25-34(49-39(27)32-22-19-29(47-32)18-15-12-9-6-3)30-20-21-31(38-37(30)41-51-42-38)35-26-28(17-14-11-8-5-2)40(50-35)33-23-24-36(48-33)46(43,44)45/h19-26H,4-18H2,1-3H3,(H2,43,44,45). The maximum absolute atomic E-state index is 12.0. The summed E-state index contributed by atoms with van der Waals surface area (Å²) in [6, 6.07) is 17.3. The number of nitrogens with zero attached hydrogens (tertiary/aromatic N) is 2. The van der Waals surface area contributed by atoms with Crippen molar-refractivity contribution in [2.75, 3.05) is 0 Å². The van der Waals surface area contributed by atoms with Gasteiger partial charge in [0.1, 0.15) is 15.7 Å². The molecule has 0 saturated heterocycles. The molecule has 0 unspecified atom stereocenters. The van der Waals surface area contributed by atoms with Crippen molar-refractivity contribution in [3.8, 4) is 40.4 Å². The van der Waals surface area contributed by atoms with E-state index >= 15 is 0 Å². The number of aromatic nitrogens is 2. The molecule has 0 saturated carbocycles. The van der Waals surface area contributed by atoms with E-state index in [1.807, 2.05) is 28.7 Å². The highest BCUT2D eigenvalue weighted by molar-refractivity contribution is 7.67. The van der Waals surface area contributed by atoms with Crippen LogP contribution in [0.15, 0.2) is 48.5 Å². The Kier molecular flexibility index (Phi) is 13.9. The van der Waals surface area contributed by atoms with Gasteiger partial charge in [-0.3, -0.25) is 4.57 Å². The smallest absolute Gasteiger partial charge is 0.320 e. The van der Waals surface area contributed by atoms with E-state index in [1.165, 1.54) is 131 Å². The second kappa shape index (κ2) is 18.4. The summed E-state index contributed by atoms with van der Waals surface area (Å²) in [7, 11) is -4.30. The summed E-state index contributed by atoms with van der Waals surface area (Å²) in [4.78, 5) is 28.3. The number of aryl methyl sites for hydroxylation is 3. The Labute approximate surface area is 323 Å². The van der Waals surface area contributed by atoms with Crippen molar-refractivity contribution in [1.82, 2.24) is 8.75 Å². The van der Waals surface area contributed by atoms with Crippen LogP contribution in [0.3, 0.4) is 0 Å². The van der Waals surface area contributed by atoms with Crippen molar-refractivity contribution in [3.05, 3.63) is 64.5 Å². The van der Waals surface area contributed by atoms with E-state index in [0.717, 1.165) is 56.1 Å². The van der Waals surface area contributed by atoms with Crippen LogP contribution in [0.4, 0.5) is 0 Å². The molecule has 272 valence electrons. The molecule has 5 nitrogen and oxygen atoms in total. The average molecular weight is 797 g/mol. The van der Waals surface area contributed by atoms with Crippen molar-refractivity contribution in [2.24, 2.45) is 0 Å². The van der Waals surface area contributed by atoms with Gasteiger partial charge in [0.05, 0.1) is 11.7 Å². The molecule has 0 radical (unpaired) electrons. The van der Waals surface area contributed by atoms with Gasteiger partial charge in [-0.05, 0) is 86.1 Å². The number of hydrogen-bond acceptors (Lipinski definition) is 8. The molecule has 6 rings (SSSR count). The minimum absolute atomic E-state index is 0.116. The number of fused-ring (bicyclic) bond motifs is 1. The summed E-state index contributed by atoms with van der Waals surface area (Å²) in [5, 5.41) is 0. The summed E-state index contributed by atoms with van der Waals surface area (Å²) in [6.45, 7) is 6.77. The molecular weight excluding hydrogens is 748 g/mol. The number of benzene rings is 1. The van der Waals surface area contributed by atoms with E-state index in [1.54, 1.807) is 17.4 Å². The van der Waals surface area contributed by atoms with Gasteiger partial charge >= 0.3 is 7.60 Å². The molecule has 1 aromatic carbocycles. The molecule has 5 aromatic heterocycles. The second-order valence-electron chi connectivity index (χ2n) is 13.4. The van der Waals surface area contributed by atoms with Gasteiger partial charge in [0.15, 0.2) is 0 Å². The van der Waals surface area contributed by atoms with E-state index in [0.29, 0.717) is 0 Å². The molecule has 0 spiro atoms. The molecule has 0 bridgehead atoms. The van der Waals surface area contributed by atoms with Gasteiger partial charge in [0, 0.05) is 45.3 Å². The van der Waals surface area contributed by atoms with Gasteiger partial charge in [0.25, 0.3) is 0 Å². The van der Waals surface area contributed by atoms with Gasteiger partial charge in [-0.2, -0.15) is 8.75 Å². The zero-order chi connectivity index (χ0) is 35.8. The third kappa shape index (κ3) is 9.57. The normalized spacial score (nSPS) is 12.1. The van der Waals surface area contributed by atoms with E-state index in [-0.39, 0.29) is 4.62 Å². The van der Waals surface area contributed by atoms with E-state index in [2.05, 4.69) is 57.2 Å². The van der Waals surface area contributed by atoms with Crippen LogP contribution in [-0.4, -0.2) is 18.5 Å². The van der Waals surface area contributed by atoms with Crippen molar-refractivity contribution in [1.29, 1.82) is 0 Å². The summed E-state index contributed by atoms with van der Waals surface area (Å²) in [5.41, 5.74) is 6.78. The van der Waals surface area contributed by atoms with Gasteiger partial charge < -0.3 is 9.79 Å². The lowest BCUT2D eigenvalue weighted by Gasteiger charge is -2.03. The second-order valence-corrected chi connectivity index (χ2v) is 20.2. The molecule has 2 N–H and O–H groups in total. The van der Waals surface area contributed by atoms with Crippen LogP contribution in [0.1, 0.15) is 114 Å². The van der Waals surface area contributed by atoms with Crippen LogP contribution >= 0.6 is 64.7 Å². The summed E-state index contributed by atoms with van der Waals surface area (Å²) < 4.78 is 21.9. The van der Waals surface area contributed by atoms with Crippen molar-refractivity contribution >= 4 is 80.3 Å². The summed E-state index contributed by atoms with van der Waals surface area (Å²) in [5.74, 6) is 0. The highest BCUT2D eigenvalue weighted by Gasteiger charge is 2.24. The van der Waals surface area contributed by atoms with Gasteiger partial charge in [-0.1, -0.05) is 90.7 Å². The fourth-order valence-electron chi connectivity index (χ4n) is 6.63. The van der Waals surface area contributed by atoms with Crippen molar-refractivity contribution in [2.45, 2.75) is 117 Å². The number of thiophene rings is 4. The lowest BCUT2D eigenvalue weighted by molar-refractivity contribution is 0.388. The third-order valence-electron chi connectivity index (χ3n) is 9.43. The molecule has 0 aliphatic carbocycles. The molecule has 5 heterocycles. The third-order valence-corrected chi connectivity index (χ3v) is 16.5. The lowest BCUT2D eigenvalue weighted by Crippen LogP contribution is -1.95. The zero-order valence-electron chi connectivity index (χ0n) is 29.9. The first-order valence-electron chi connectivity index (χ1n) is 18.6. The molecule has 0 aliphatic heterocycles. The van der Waals surface area contributed by atoms with Crippen molar-refractivity contribution in [3.63, 3.8) is 0 Å². The topological polar surface area (TPSA) is 83.3 Å². The Morgan fingerprint density at radius 3 is 1.53 bits per heavy atom. The minimum Gasteiger partial charge on any atom is -0.320 e. The predicted octanol–water partition coefficient (Wildman–Crippen LogP) is 13.8. The molecule has 0 atom stereocenters. The molecule has 0 amide bonds.